The molecule has 0 bridgehead atoms. The highest BCUT2D eigenvalue weighted by Crippen LogP contribution is 2.27. The van der Waals surface area contributed by atoms with Crippen LogP contribution in [0.15, 0.2) is 18.2 Å². The fourth-order valence-corrected chi connectivity index (χ4v) is 1.83. The summed E-state index contributed by atoms with van der Waals surface area (Å²) in [5, 5.41) is 8.54. The van der Waals surface area contributed by atoms with Crippen LogP contribution in [0.1, 0.15) is 0 Å². The summed E-state index contributed by atoms with van der Waals surface area (Å²) in [4.78, 5) is 10.3. The highest BCUT2D eigenvalue weighted by atomic mass is 35.5. The minimum atomic E-state index is -3.38. The molecule has 0 aromatic heterocycles. The molecule has 0 aliphatic heterocycles. The largest absolute Gasteiger partial charge is 0.480 e. The van der Waals surface area contributed by atoms with E-state index >= 15 is 0 Å². The number of rotatable bonds is 5. The molecule has 0 atom stereocenters. The minimum absolute atomic E-state index is 0.125. The maximum atomic E-state index is 10.9. The topological polar surface area (TPSA) is 92.7 Å². The van der Waals surface area contributed by atoms with Crippen molar-refractivity contribution in [2.45, 2.75) is 0 Å². The van der Waals surface area contributed by atoms with Crippen LogP contribution in [-0.2, 0) is 14.8 Å². The Labute approximate surface area is 103 Å². The number of sulfonamides is 1. The van der Waals surface area contributed by atoms with Gasteiger partial charge in [0.25, 0.3) is 0 Å². The molecule has 6 nitrogen and oxygen atoms in total. The first-order valence-electron chi connectivity index (χ1n) is 4.40. The molecule has 0 aliphatic carbocycles. The number of hydrogen-bond acceptors (Lipinski definition) is 4. The molecule has 1 aromatic rings. The zero-order valence-electron chi connectivity index (χ0n) is 8.81. The zero-order chi connectivity index (χ0) is 13.1. The number of carbonyl (C=O) groups is 1. The molecule has 0 radical (unpaired) electrons. The van der Waals surface area contributed by atoms with E-state index in [1.54, 1.807) is 0 Å². The Balaban J connectivity index is 2.83. The average Bonchev–Trinajstić information content (AvgIpc) is 2.13. The summed E-state index contributed by atoms with van der Waals surface area (Å²) < 4.78 is 29.0. The van der Waals surface area contributed by atoms with E-state index in [4.69, 9.17) is 21.4 Å². The molecule has 94 valence electrons. The van der Waals surface area contributed by atoms with E-state index in [2.05, 4.69) is 4.72 Å². The molecule has 0 heterocycles. The van der Waals surface area contributed by atoms with Crippen LogP contribution in [0.3, 0.4) is 0 Å². The second kappa shape index (κ2) is 5.24. The van der Waals surface area contributed by atoms with E-state index in [1.807, 2.05) is 0 Å². The van der Waals surface area contributed by atoms with Gasteiger partial charge in [-0.15, -0.1) is 0 Å². The van der Waals surface area contributed by atoms with E-state index in [0.717, 1.165) is 6.26 Å². The van der Waals surface area contributed by atoms with Gasteiger partial charge in [0, 0.05) is 0 Å². The Morgan fingerprint density at radius 2 is 2.18 bits per heavy atom. The molecule has 1 rings (SSSR count). The number of carboxylic acids is 1. The Bertz CT molecular complexity index is 528. The van der Waals surface area contributed by atoms with Crippen LogP contribution in [0.25, 0.3) is 0 Å². The molecule has 0 amide bonds. The second-order valence-electron chi connectivity index (χ2n) is 3.20. The molecular formula is C9H10ClNO5S. The lowest BCUT2D eigenvalue weighted by atomic mass is 10.3. The van der Waals surface area contributed by atoms with E-state index < -0.39 is 22.6 Å². The fraction of sp³-hybridized carbons (Fsp3) is 0.222. The standard InChI is InChI=1S/C9H10ClNO5S/c1-17(14,15)11-6-2-3-8(7(10)4-6)16-5-9(12)13/h2-4,11H,5H2,1H3,(H,12,13). The summed E-state index contributed by atoms with van der Waals surface area (Å²) in [6.07, 6.45) is 1.01. The first-order valence-corrected chi connectivity index (χ1v) is 6.67. The fourth-order valence-electron chi connectivity index (χ4n) is 1.03. The molecule has 0 unspecified atom stereocenters. The maximum absolute atomic E-state index is 10.9. The third-order valence-corrected chi connectivity index (χ3v) is 2.49. The van der Waals surface area contributed by atoms with Gasteiger partial charge in [-0.2, -0.15) is 0 Å². The molecule has 0 saturated carbocycles. The summed E-state index contributed by atoms with van der Waals surface area (Å²) in [5.74, 6) is -0.951. The van der Waals surface area contributed by atoms with Gasteiger partial charge in [0.1, 0.15) is 5.75 Å². The summed E-state index contributed by atoms with van der Waals surface area (Å²) >= 11 is 5.79. The first kappa shape index (κ1) is 13.6. The van der Waals surface area contributed by atoms with Crippen molar-refractivity contribution < 1.29 is 23.1 Å². The number of benzene rings is 1. The Morgan fingerprint density at radius 3 is 2.65 bits per heavy atom. The van der Waals surface area contributed by atoms with Gasteiger partial charge in [-0.05, 0) is 18.2 Å². The Kier molecular flexibility index (Phi) is 4.19. The van der Waals surface area contributed by atoms with Crippen LogP contribution < -0.4 is 9.46 Å². The van der Waals surface area contributed by atoms with Crippen LogP contribution in [0.5, 0.6) is 5.75 Å². The predicted molar refractivity (Wildman–Crippen MR) is 63.0 cm³/mol. The maximum Gasteiger partial charge on any atom is 0.341 e. The highest BCUT2D eigenvalue weighted by Gasteiger charge is 2.07. The number of hydrogen-bond donors (Lipinski definition) is 2. The van der Waals surface area contributed by atoms with E-state index in [9.17, 15) is 13.2 Å². The summed E-state index contributed by atoms with van der Waals surface area (Å²) in [5.41, 5.74) is 0.278. The quantitative estimate of drug-likeness (QED) is 0.844. The molecule has 0 saturated heterocycles. The molecule has 0 aliphatic rings. The third-order valence-electron chi connectivity index (χ3n) is 1.59. The number of nitrogens with one attached hydrogen (secondary N) is 1. The summed E-state index contributed by atoms with van der Waals surface area (Å²) in [6, 6.07) is 4.14. The molecule has 2 N–H and O–H groups in total. The van der Waals surface area contributed by atoms with Crippen molar-refractivity contribution in [1.29, 1.82) is 0 Å². The van der Waals surface area contributed by atoms with Crippen LogP contribution in [0.2, 0.25) is 5.02 Å². The summed E-state index contributed by atoms with van der Waals surface area (Å²) in [7, 11) is -3.38. The number of anilines is 1. The Morgan fingerprint density at radius 1 is 1.53 bits per heavy atom. The summed E-state index contributed by atoms with van der Waals surface area (Å²) in [6.45, 7) is -0.515. The van der Waals surface area contributed by atoms with Crippen molar-refractivity contribution in [2.75, 3.05) is 17.6 Å². The van der Waals surface area contributed by atoms with Gasteiger partial charge in [-0.3, -0.25) is 4.72 Å². The molecule has 1 aromatic carbocycles. The van der Waals surface area contributed by atoms with Crippen LogP contribution in [0, 0.1) is 0 Å². The molecule has 0 spiro atoms. The van der Waals surface area contributed by atoms with E-state index in [1.165, 1.54) is 18.2 Å². The molecule has 0 fully saturated rings. The van der Waals surface area contributed by atoms with E-state index in [-0.39, 0.29) is 16.5 Å². The lowest BCUT2D eigenvalue weighted by Crippen LogP contribution is -2.11. The smallest absolute Gasteiger partial charge is 0.341 e. The highest BCUT2D eigenvalue weighted by molar-refractivity contribution is 7.92. The molecule has 17 heavy (non-hydrogen) atoms. The normalized spacial score (nSPS) is 10.9. The van der Waals surface area contributed by atoms with Crippen LogP contribution >= 0.6 is 11.6 Å². The minimum Gasteiger partial charge on any atom is -0.480 e. The number of carboxylic acid groups (broad SMARTS) is 1. The van der Waals surface area contributed by atoms with Crippen molar-refractivity contribution in [3.63, 3.8) is 0 Å². The number of halogens is 1. The second-order valence-corrected chi connectivity index (χ2v) is 5.36. The van der Waals surface area contributed by atoms with Gasteiger partial charge in [-0.1, -0.05) is 11.6 Å². The lowest BCUT2D eigenvalue weighted by Gasteiger charge is -2.08. The monoisotopic (exact) mass is 279 g/mol. The first-order chi connectivity index (χ1) is 7.78. The SMILES string of the molecule is CS(=O)(=O)Nc1ccc(OCC(=O)O)c(Cl)c1. The van der Waals surface area contributed by atoms with Gasteiger partial charge in [0.2, 0.25) is 10.0 Å². The Hall–Kier alpha value is -1.47. The van der Waals surface area contributed by atoms with Crippen LogP contribution in [-0.4, -0.2) is 32.4 Å². The van der Waals surface area contributed by atoms with E-state index in [0.29, 0.717) is 0 Å². The van der Waals surface area contributed by atoms with Gasteiger partial charge >= 0.3 is 5.97 Å². The number of ether oxygens (including phenoxy) is 1. The van der Waals surface area contributed by atoms with Gasteiger partial charge in [0.15, 0.2) is 6.61 Å². The zero-order valence-corrected chi connectivity index (χ0v) is 10.4. The van der Waals surface area contributed by atoms with Crippen molar-refractivity contribution in [1.82, 2.24) is 0 Å². The van der Waals surface area contributed by atoms with Gasteiger partial charge < -0.3 is 9.84 Å². The number of aliphatic carboxylic acids is 1. The van der Waals surface area contributed by atoms with Crippen molar-refractivity contribution in [3.05, 3.63) is 23.2 Å². The third kappa shape index (κ3) is 4.92. The van der Waals surface area contributed by atoms with Gasteiger partial charge in [0.05, 0.1) is 17.0 Å². The van der Waals surface area contributed by atoms with Gasteiger partial charge in [-0.25, -0.2) is 13.2 Å². The molecular weight excluding hydrogens is 270 g/mol. The average molecular weight is 280 g/mol. The predicted octanol–water partition coefficient (Wildman–Crippen LogP) is 1.17. The van der Waals surface area contributed by atoms with Crippen molar-refractivity contribution in [3.8, 4) is 5.75 Å². The van der Waals surface area contributed by atoms with Crippen molar-refractivity contribution in [2.24, 2.45) is 0 Å². The molecule has 8 heteroatoms. The lowest BCUT2D eigenvalue weighted by molar-refractivity contribution is -0.139. The van der Waals surface area contributed by atoms with Crippen LogP contribution in [0.4, 0.5) is 5.69 Å². The van der Waals surface area contributed by atoms with Crippen molar-refractivity contribution >= 4 is 33.3 Å².